The van der Waals surface area contributed by atoms with Gasteiger partial charge in [0.15, 0.2) is 0 Å². The lowest BCUT2D eigenvalue weighted by atomic mass is 10.1. The zero-order chi connectivity index (χ0) is 22.1. The Morgan fingerprint density at radius 1 is 1.06 bits per heavy atom. The molecule has 0 aliphatic carbocycles. The summed E-state index contributed by atoms with van der Waals surface area (Å²) in [6.45, 7) is 2.66. The van der Waals surface area contributed by atoms with Gasteiger partial charge in [-0.1, -0.05) is 5.92 Å². The number of anilines is 2. The van der Waals surface area contributed by atoms with E-state index in [1.165, 1.54) is 13.3 Å². The predicted octanol–water partition coefficient (Wildman–Crippen LogP) is 3.32. The first-order chi connectivity index (χ1) is 15.1. The predicted molar refractivity (Wildman–Crippen MR) is 117 cm³/mol. The number of ether oxygens (including phenoxy) is 4. The van der Waals surface area contributed by atoms with E-state index >= 15 is 0 Å². The summed E-state index contributed by atoms with van der Waals surface area (Å²) in [5.41, 5.74) is 2.09. The molecular weight excluding hydrogens is 398 g/mol. The van der Waals surface area contributed by atoms with E-state index in [1.807, 2.05) is 24.3 Å². The van der Waals surface area contributed by atoms with Crippen LogP contribution in [-0.2, 0) is 14.3 Å². The molecule has 0 radical (unpaired) electrons. The van der Waals surface area contributed by atoms with E-state index in [0.29, 0.717) is 47.3 Å². The van der Waals surface area contributed by atoms with Gasteiger partial charge in [-0.25, -0.2) is 9.97 Å². The highest BCUT2D eigenvalue weighted by Crippen LogP contribution is 2.31. The van der Waals surface area contributed by atoms with Gasteiger partial charge in [0.2, 0.25) is 0 Å². The third kappa shape index (κ3) is 6.07. The maximum atomic E-state index is 10.8. The van der Waals surface area contributed by atoms with E-state index in [9.17, 15) is 4.79 Å². The largest absolute Gasteiger partial charge is 0.490 e. The Hall–Kier alpha value is -3.83. The Morgan fingerprint density at radius 3 is 2.68 bits per heavy atom. The van der Waals surface area contributed by atoms with Crippen molar-refractivity contribution in [3.8, 4) is 23.8 Å². The van der Waals surface area contributed by atoms with Gasteiger partial charge in [-0.15, -0.1) is 6.42 Å². The van der Waals surface area contributed by atoms with Crippen LogP contribution in [-0.4, -0.2) is 49.5 Å². The van der Waals surface area contributed by atoms with E-state index in [2.05, 4.69) is 21.2 Å². The van der Waals surface area contributed by atoms with Crippen LogP contribution in [0.3, 0.4) is 0 Å². The molecule has 31 heavy (non-hydrogen) atoms. The third-order valence-electron chi connectivity index (χ3n) is 4.21. The second-order valence-corrected chi connectivity index (χ2v) is 6.41. The summed E-state index contributed by atoms with van der Waals surface area (Å²) >= 11 is 0. The number of esters is 1. The SMILES string of the molecule is C#Cc1ccc(OCCOC)c(Nc2ncnc3cc(OCCOC(C)=O)ccc23)c1. The number of aromatic nitrogens is 2. The number of nitrogens with one attached hydrogen (secondary N) is 1. The number of hydrogen-bond donors (Lipinski definition) is 1. The molecule has 3 rings (SSSR count). The second-order valence-electron chi connectivity index (χ2n) is 6.41. The first-order valence-electron chi connectivity index (χ1n) is 9.61. The summed E-state index contributed by atoms with van der Waals surface area (Å²) in [4.78, 5) is 19.5. The van der Waals surface area contributed by atoms with E-state index in [0.717, 1.165) is 5.39 Å². The maximum absolute atomic E-state index is 10.8. The topological polar surface area (TPSA) is 91.8 Å². The van der Waals surface area contributed by atoms with Gasteiger partial charge in [-0.05, 0) is 30.3 Å². The number of benzene rings is 2. The van der Waals surface area contributed by atoms with Crippen molar-refractivity contribution in [3.63, 3.8) is 0 Å². The first kappa shape index (κ1) is 21.9. The molecule has 8 nitrogen and oxygen atoms in total. The van der Waals surface area contributed by atoms with Crippen LogP contribution in [0.15, 0.2) is 42.7 Å². The number of hydrogen-bond acceptors (Lipinski definition) is 8. The molecule has 0 saturated carbocycles. The van der Waals surface area contributed by atoms with Crippen molar-refractivity contribution >= 4 is 28.4 Å². The lowest BCUT2D eigenvalue weighted by Crippen LogP contribution is -2.09. The fraction of sp³-hybridized carbons (Fsp3) is 0.261. The van der Waals surface area contributed by atoms with Crippen LogP contribution in [0.4, 0.5) is 11.5 Å². The van der Waals surface area contributed by atoms with Crippen molar-refractivity contribution in [2.75, 3.05) is 38.9 Å². The van der Waals surface area contributed by atoms with Gasteiger partial charge >= 0.3 is 5.97 Å². The average Bonchev–Trinajstić information content (AvgIpc) is 2.77. The summed E-state index contributed by atoms with van der Waals surface area (Å²) < 4.78 is 21.3. The molecule has 1 heterocycles. The number of methoxy groups -OCH3 is 1. The Bertz CT molecular complexity index is 1090. The molecule has 0 spiro atoms. The quantitative estimate of drug-likeness (QED) is 0.303. The normalized spacial score (nSPS) is 10.4. The Labute approximate surface area is 180 Å². The lowest BCUT2D eigenvalue weighted by molar-refractivity contribution is -0.141. The highest BCUT2D eigenvalue weighted by atomic mass is 16.6. The minimum absolute atomic E-state index is 0.182. The summed E-state index contributed by atoms with van der Waals surface area (Å²) in [5, 5.41) is 4.09. The molecule has 0 saturated heterocycles. The molecule has 0 aliphatic rings. The molecule has 0 amide bonds. The Kier molecular flexibility index (Phi) is 7.62. The zero-order valence-electron chi connectivity index (χ0n) is 17.4. The van der Waals surface area contributed by atoms with Crippen LogP contribution in [0.2, 0.25) is 0 Å². The standard InChI is InChI=1S/C23H23N3O5/c1-4-17-5-8-22(31-10-9-28-3)21(13-17)26-23-19-7-6-18(14-20(19)24-15-25-23)30-12-11-29-16(2)27/h1,5-8,13-15H,9-12H2,2-3H3,(H,24,25,26). The van der Waals surface area contributed by atoms with Crippen molar-refractivity contribution < 1.29 is 23.7 Å². The van der Waals surface area contributed by atoms with Gasteiger partial charge in [0.25, 0.3) is 0 Å². The van der Waals surface area contributed by atoms with Crippen molar-refractivity contribution in [1.29, 1.82) is 0 Å². The number of fused-ring (bicyclic) bond motifs is 1. The van der Waals surface area contributed by atoms with Crippen LogP contribution in [0.1, 0.15) is 12.5 Å². The number of carbonyl (C=O) groups excluding carboxylic acids is 1. The highest BCUT2D eigenvalue weighted by Gasteiger charge is 2.10. The zero-order valence-corrected chi connectivity index (χ0v) is 17.4. The van der Waals surface area contributed by atoms with Crippen LogP contribution in [0.25, 0.3) is 10.9 Å². The average molecular weight is 421 g/mol. The fourth-order valence-electron chi connectivity index (χ4n) is 2.78. The van der Waals surface area contributed by atoms with Gasteiger partial charge in [0.05, 0.1) is 17.8 Å². The molecular formula is C23H23N3O5. The molecule has 3 aromatic rings. The summed E-state index contributed by atoms with van der Waals surface area (Å²) in [6, 6.07) is 10.9. The van der Waals surface area contributed by atoms with E-state index in [1.54, 1.807) is 19.2 Å². The first-order valence-corrected chi connectivity index (χ1v) is 9.61. The second kappa shape index (κ2) is 10.8. The highest BCUT2D eigenvalue weighted by molar-refractivity contribution is 5.92. The van der Waals surface area contributed by atoms with Crippen LogP contribution < -0.4 is 14.8 Å². The molecule has 0 aliphatic heterocycles. The van der Waals surface area contributed by atoms with E-state index < -0.39 is 0 Å². The minimum atomic E-state index is -0.343. The number of rotatable bonds is 10. The van der Waals surface area contributed by atoms with Crippen LogP contribution in [0.5, 0.6) is 11.5 Å². The smallest absolute Gasteiger partial charge is 0.302 e. The molecule has 0 bridgehead atoms. The summed E-state index contributed by atoms with van der Waals surface area (Å²) in [5.74, 6) is 4.13. The molecule has 2 aromatic carbocycles. The Morgan fingerprint density at radius 2 is 1.90 bits per heavy atom. The van der Waals surface area contributed by atoms with Crippen molar-refractivity contribution in [1.82, 2.24) is 9.97 Å². The molecule has 1 aromatic heterocycles. The summed E-state index contributed by atoms with van der Waals surface area (Å²) in [6.07, 6.45) is 7.01. The molecule has 0 fully saturated rings. The van der Waals surface area contributed by atoms with Gasteiger partial charge in [-0.3, -0.25) is 4.79 Å². The van der Waals surface area contributed by atoms with Crippen LogP contribution in [0, 0.1) is 12.3 Å². The number of nitrogens with zero attached hydrogens (tertiary/aromatic N) is 2. The molecule has 0 unspecified atom stereocenters. The van der Waals surface area contributed by atoms with Crippen molar-refractivity contribution in [2.45, 2.75) is 6.92 Å². The van der Waals surface area contributed by atoms with E-state index in [4.69, 9.17) is 25.4 Å². The van der Waals surface area contributed by atoms with Gasteiger partial charge in [-0.2, -0.15) is 0 Å². The Balaban J connectivity index is 1.81. The monoisotopic (exact) mass is 421 g/mol. The van der Waals surface area contributed by atoms with Crippen LogP contribution >= 0.6 is 0 Å². The molecule has 0 atom stereocenters. The number of terminal acetylenes is 1. The maximum Gasteiger partial charge on any atom is 0.302 e. The van der Waals surface area contributed by atoms with Crippen molar-refractivity contribution in [2.24, 2.45) is 0 Å². The lowest BCUT2D eigenvalue weighted by Gasteiger charge is -2.15. The molecule has 160 valence electrons. The molecule has 8 heteroatoms. The minimum Gasteiger partial charge on any atom is -0.490 e. The van der Waals surface area contributed by atoms with E-state index in [-0.39, 0.29) is 19.2 Å². The van der Waals surface area contributed by atoms with Crippen molar-refractivity contribution in [3.05, 3.63) is 48.3 Å². The van der Waals surface area contributed by atoms with Gasteiger partial charge in [0.1, 0.15) is 43.5 Å². The van der Waals surface area contributed by atoms with Gasteiger partial charge < -0.3 is 24.3 Å². The fourth-order valence-corrected chi connectivity index (χ4v) is 2.78. The molecule has 1 N–H and O–H groups in total. The summed E-state index contributed by atoms with van der Waals surface area (Å²) in [7, 11) is 1.62. The third-order valence-corrected chi connectivity index (χ3v) is 4.21. The number of carbonyl (C=O) groups is 1. The van der Waals surface area contributed by atoms with Gasteiger partial charge in [0, 0.05) is 31.0 Å².